The van der Waals surface area contributed by atoms with Gasteiger partial charge in [-0.1, -0.05) is 28.1 Å². The van der Waals surface area contributed by atoms with Crippen molar-refractivity contribution in [1.29, 1.82) is 0 Å². The lowest BCUT2D eigenvalue weighted by Crippen LogP contribution is -2.32. The van der Waals surface area contributed by atoms with Crippen molar-refractivity contribution in [2.24, 2.45) is 5.10 Å². The number of para-hydroxylation sites is 1. The largest absolute Gasteiger partial charge is 0.504 e. The van der Waals surface area contributed by atoms with Crippen LogP contribution in [0.3, 0.4) is 0 Å². The fourth-order valence-electron chi connectivity index (χ4n) is 1.77. The zero-order chi connectivity index (χ0) is 17.5. The Morgan fingerprint density at radius 1 is 1.21 bits per heavy atom. The number of ether oxygens (including phenoxy) is 1. The van der Waals surface area contributed by atoms with Crippen LogP contribution >= 0.6 is 15.9 Å². The van der Waals surface area contributed by atoms with Gasteiger partial charge in [0.15, 0.2) is 11.5 Å². The average molecular weight is 392 g/mol. The van der Waals surface area contributed by atoms with Crippen molar-refractivity contribution in [3.63, 3.8) is 0 Å². The van der Waals surface area contributed by atoms with Crippen LogP contribution in [0.5, 0.6) is 11.5 Å². The summed E-state index contributed by atoms with van der Waals surface area (Å²) in [5.74, 6) is -1.64. The molecule has 0 aromatic heterocycles. The second-order valence-corrected chi connectivity index (χ2v) is 5.48. The van der Waals surface area contributed by atoms with Crippen LogP contribution in [0.1, 0.15) is 5.56 Å². The maximum Gasteiger partial charge on any atom is 0.329 e. The Labute approximate surface area is 146 Å². The first-order valence-corrected chi connectivity index (χ1v) is 7.56. The third-order valence-electron chi connectivity index (χ3n) is 2.91. The molecule has 0 radical (unpaired) electrons. The van der Waals surface area contributed by atoms with E-state index in [0.29, 0.717) is 11.3 Å². The molecule has 0 aliphatic carbocycles. The molecule has 0 fully saturated rings. The lowest BCUT2D eigenvalue weighted by atomic mass is 10.2. The van der Waals surface area contributed by atoms with E-state index < -0.39 is 11.8 Å². The van der Waals surface area contributed by atoms with E-state index in [1.54, 1.807) is 42.5 Å². The van der Waals surface area contributed by atoms with E-state index in [1.165, 1.54) is 13.3 Å². The molecular weight excluding hydrogens is 378 g/mol. The second-order valence-electron chi connectivity index (χ2n) is 4.56. The van der Waals surface area contributed by atoms with E-state index in [0.717, 1.165) is 4.47 Å². The summed E-state index contributed by atoms with van der Waals surface area (Å²) >= 11 is 3.27. The zero-order valence-electron chi connectivity index (χ0n) is 12.6. The molecule has 0 heterocycles. The highest BCUT2D eigenvalue weighted by molar-refractivity contribution is 9.10. The number of amides is 2. The molecule has 0 aliphatic heterocycles. The number of methoxy groups -OCH3 is 1. The van der Waals surface area contributed by atoms with E-state index in [-0.39, 0.29) is 11.5 Å². The molecule has 8 heteroatoms. The quantitative estimate of drug-likeness (QED) is 0.422. The lowest BCUT2D eigenvalue weighted by molar-refractivity contribution is -0.136. The van der Waals surface area contributed by atoms with Crippen LogP contribution in [0.4, 0.5) is 5.69 Å². The molecule has 0 aliphatic rings. The Morgan fingerprint density at radius 3 is 2.67 bits per heavy atom. The number of hydrogen-bond acceptors (Lipinski definition) is 5. The predicted molar refractivity (Wildman–Crippen MR) is 93.2 cm³/mol. The molecular formula is C16H14BrN3O4. The number of carbonyl (C=O) groups is 2. The molecule has 7 nitrogen and oxygen atoms in total. The normalized spacial score (nSPS) is 10.4. The van der Waals surface area contributed by atoms with Crippen molar-refractivity contribution in [2.75, 3.05) is 12.4 Å². The van der Waals surface area contributed by atoms with Crippen molar-refractivity contribution in [1.82, 2.24) is 5.43 Å². The monoisotopic (exact) mass is 391 g/mol. The fraction of sp³-hybridized carbons (Fsp3) is 0.0625. The topological polar surface area (TPSA) is 100 Å². The van der Waals surface area contributed by atoms with Gasteiger partial charge in [-0.15, -0.1) is 0 Å². The SMILES string of the molecule is COc1cccc(/C=N\NC(=O)C(=O)Nc2cccc(Br)c2)c1O. The number of phenolic OH excluding ortho intramolecular Hbond substituents is 1. The van der Waals surface area contributed by atoms with Crippen molar-refractivity contribution in [3.05, 3.63) is 52.5 Å². The van der Waals surface area contributed by atoms with Crippen molar-refractivity contribution >= 4 is 39.6 Å². The zero-order valence-corrected chi connectivity index (χ0v) is 14.2. The van der Waals surface area contributed by atoms with Gasteiger partial charge in [-0.3, -0.25) is 9.59 Å². The summed E-state index contributed by atoms with van der Waals surface area (Å²) in [6.07, 6.45) is 1.21. The van der Waals surface area contributed by atoms with Gasteiger partial charge in [0.1, 0.15) is 0 Å². The first-order chi connectivity index (χ1) is 11.5. The first-order valence-electron chi connectivity index (χ1n) is 6.77. The highest BCUT2D eigenvalue weighted by Gasteiger charge is 2.13. The Balaban J connectivity index is 1.96. The molecule has 3 N–H and O–H groups in total. The number of hydrogen-bond donors (Lipinski definition) is 3. The van der Waals surface area contributed by atoms with Crippen LogP contribution in [0, 0.1) is 0 Å². The number of phenols is 1. The van der Waals surface area contributed by atoms with Gasteiger partial charge in [-0.25, -0.2) is 5.43 Å². The van der Waals surface area contributed by atoms with Crippen LogP contribution in [-0.4, -0.2) is 30.2 Å². The summed E-state index contributed by atoms with van der Waals surface area (Å²) in [5, 5.41) is 16.0. The molecule has 0 atom stereocenters. The van der Waals surface area contributed by atoms with E-state index in [9.17, 15) is 14.7 Å². The molecule has 2 aromatic rings. The molecule has 0 saturated heterocycles. The predicted octanol–water partition coefficient (Wildman–Crippen LogP) is 2.25. The number of hydrazone groups is 1. The number of rotatable bonds is 4. The highest BCUT2D eigenvalue weighted by atomic mass is 79.9. The minimum absolute atomic E-state index is 0.114. The minimum Gasteiger partial charge on any atom is -0.504 e. The smallest absolute Gasteiger partial charge is 0.329 e. The number of carbonyl (C=O) groups excluding carboxylic acids is 2. The Hall–Kier alpha value is -2.87. The van der Waals surface area contributed by atoms with Crippen LogP contribution in [0.15, 0.2) is 52.0 Å². The summed E-state index contributed by atoms with van der Waals surface area (Å²) in [5.41, 5.74) is 2.89. The third-order valence-corrected chi connectivity index (χ3v) is 3.40. The lowest BCUT2D eigenvalue weighted by Gasteiger charge is -2.05. The molecule has 0 unspecified atom stereocenters. The Morgan fingerprint density at radius 2 is 1.96 bits per heavy atom. The third kappa shape index (κ3) is 4.56. The fourth-order valence-corrected chi connectivity index (χ4v) is 2.17. The van der Waals surface area contributed by atoms with Gasteiger partial charge in [-0.2, -0.15) is 5.10 Å². The van der Waals surface area contributed by atoms with E-state index in [4.69, 9.17) is 4.74 Å². The molecule has 2 amide bonds. The van der Waals surface area contributed by atoms with Gasteiger partial charge >= 0.3 is 11.8 Å². The van der Waals surface area contributed by atoms with Crippen molar-refractivity contribution in [3.8, 4) is 11.5 Å². The van der Waals surface area contributed by atoms with Gasteiger partial charge in [0, 0.05) is 15.7 Å². The molecule has 0 spiro atoms. The summed E-state index contributed by atoms with van der Waals surface area (Å²) in [6.45, 7) is 0. The maximum absolute atomic E-state index is 11.8. The number of aromatic hydroxyl groups is 1. The Kier molecular flexibility index (Phi) is 5.91. The van der Waals surface area contributed by atoms with Gasteiger partial charge in [0.05, 0.1) is 13.3 Å². The van der Waals surface area contributed by atoms with Gasteiger partial charge < -0.3 is 15.2 Å². The molecule has 0 saturated carbocycles. The minimum atomic E-state index is -0.936. The number of nitrogens with zero attached hydrogens (tertiary/aromatic N) is 1. The molecule has 0 bridgehead atoms. The number of halogens is 1. The van der Waals surface area contributed by atoms with Crippen LogP contribution in [0.25, 0.3) is 0 Å². The standard InChI is InChI=1S/C16H14BrN3O4/c1-24-13-7-2-4-10(14(13)21)9-18-20-16(23)15(22)19-12-6-3-5-11(17)8-12/h2-9,21H,1H3,(H,19,22)(H,20,23)/b18-9-. The summed E-state index contributed by atoms with van der Waals surface area (Å²) in [7, 11) is 1.42. The van der Waals surface area contributed by atoms with E-state index >= 15 is 0 Å². The Bertz CT molecular complexity index is 793. The van der Waals surface area contributed by atoms with Crippen LogP contribution < -0.4 is 15.5 Å². The maximum atomic E-state index is 11.8. The van der Waals surface area contributed by atoms with Crippen molar-refractivity contribution in [2.45, 2.75) is 0 Å². The molecule has 2 aromatic carbocycles. The summed E-state index contributed by atoms with van der Waals surface area (Å²) in [4.78, 5) is 23.4. The molecule has 124 valence electrons. The second kappa shape index (κ2) is 8.11. The van der Waals surface area contributed by atoms with Crippen LogP contribution in [0.2, 0.25) is 0 Å². The van der Waals surface area contributed by atoms with E-state index in [1.807, 2.05) is 0 Å². The first kappa shape index (κ1) is 17.5. The van der Waals surface area contributed by atoms with Gasteiger partial charge in [-0.05, 0) is 30.3 Å². The summed E-state index contributed by atoms with van der Waals surface area (Å²) < 4.78 is 5.73. The van der Waals surface area contributed by atoms with Crippen molar-refractivity contribution < 1.29 is 19.4 Å². The molecule has 2 rings (SSSR count). The highest BCUT2D eigenvalue weighted by Crippen LogP contribution is 2.27. The number of anilines is 1. The van der Waals surface area contributed by atoms with Gasteiger partial charge in [0.25, 0.3) is 0 Å². The van der Waals surface area contributed by atoms with Crippen LogP contribution in [-0.2, 0) is 9.59 Å². The number of nitrogens with one attached hydrogen (secondary N) is 2. The summed E-state index contributed by atoms with van der Waals surface area (Å²) in [6, 6.07) is 11.6. The average Bonchev–Trinajstić information content (AvgIpc) is 2.56. The van der Waals surface area contributed by atoms with E-state index in [2.05, 4.69) is 31.8 Å². The van der Waals surface area contributed by atoms with Gasteiger partial charge in [0.2, 0.25) is 0 Å². The number of benzene rings is 2. The molecule has 24 heavy (non-hydrogen) atoms.